The van der Waals surface area contributed by atoms with Gasteiger partial charge in [0.25, 0.3) is 5.91 Å². The van der Waals surface area contributed by atoms with Crippen LogP contribution in [0.1, 0.15) is 84.8 Å². The van der Waals surface area contributed by atoms with Gasteiger partial charge in [-0.1, -0.05) is 30.3 Å². The Morgan fingerprint density at radius 1 is 0.742 bits per heavy atom. The van der Waals surface area contributed by atoms with Crippen LogP contribution in [-0.4, -0.2) is 122 Å². The number of piperidine rings is 4. The first kappa shape index (κ1) is 40.4. The first-order chi connectivity index (χ1) is 30.3. The largest absolute Gasteiger partial charge is 0.457 e. The second-order valence-corrected chi connectivity index (χ2v) is 17.9. The zero-order valence-corrected chi connectivity index (χ0v) is 35.3. The predicted molar refractivity (Wildman–Crippen MR) is 236 cm³/mol. The highest BCUT2D eigenvalue weighted by molar-refractivity contribution is 6.05. The normalized spacial score (nSPS) is 21.5. The Morgan fingerprint density at radius 2 is 1.44 bits per heavy atom. The topological polar surface area (TPSA) is 155 Å². The summed E-state index contributed by atoms with van der Waals surface area (Å²) in [6.45, 7) is 10.4. The van der Waals surface area contributed by atoms with Gasteiger partial charge in [-0.2, -0.15) is 5.10 Å². The van der Waals surface area contributed by atoms with E-state index in [9.17, 15) is 14.4 Å². The van der Waals surface area contributed by atoms with Crippen molar-refractivity contribution in [2.24, 2.45) is 5.92 Å². The molecule has 7 heterocycles. The van der Waals surface area contributed by atoms with Crippen molar-refractivity contribution in [2.75, 3.05) is 64.6 Å². The molecule has 4 saturated heterocycles. The molecule has 5 aliphatic heterocycles. The molecule has 1 atom stereocenters. The number of anilines is 1. The molecular formula is C48H56N10O4. The Labute approximate surface area is 362 Å². The molecule has 1 unspecified atom stereocenters. The monoisotopic (exact) mass is 836 g/mol. The van der Waals surface area contributed by atoms with E-state index in [1.54, 1.807) is 11.2 Å². The summed E-state index contributed by atoms with van der Waals surface area (Å²) < 4.78 is 8.13. The van der Waals surface area contributed by atoms with Crippen LogP contribution in [0.25, 0.3) is 22.3 Å². The third-order valence-corrected chi connectivity index (χ3v) is 14.1. The maximum atomic E-state index is 13.2. The highest BCUT2D eigenvalue weighted by atomic mass is 16.5. The number of hydrogen-bond acceptors (Lipinski definition) is 11. The summed E-state index contributed by atoms with van der Waals surface area (Å²) in [5.74, 6) is 2.49. The molecule has 0 spiro atoms. The minimum Gasteiger partial charge on any atom is -0.457 e. The van der Waals surface area contributed by atoms with Crippen LogP contribution in [0.4, 0.5) is 5.82 Å². The molecule has 0 aliphatic carbocycles. The predicted octanol–water partition coefficient (Wildman–Crippen LogP) is 5.86. The van der Waals surface area contributed by atoms with Crippen LogP contribution in [0.2, 0.25) is 0 Å². The fourth-order valence-corrected chi connectivity index (χ4v) is 10.5. The van der Waals surface area contributed by atoms with Gasteiger partial charge in [0.1, 0.15) is 35.4 Å². The first-order valence-corrected chi connectivity index (χ1v) is 22.6. The Balaban J connectivity index is 0.662. The molecule has 14 heteroatoms. The molecule has 62 heavy (non-hydrogen) atoms. The highest BCUT2D eigenvalue weighted by Gasteiger charge is 2.39. The Kier molecular flexibility index (Phi) is 11.5. The van der Waals surface area contributed by atoms with Crippen molar-refractivity contribution in [1.29, 1.82) is 0 Å². The van der Waals surface area contributed by atoms with Crippen LogP contribution in [-0.2, 0) is 16.1 Å². The number of carbonyl (C=O) groups is 3. The summed E-state index contributed by atoms with van der Waals surface area (Å²) in [6, 6.07) is 23.7. The number of ether oxygens (including phenoxy) is 1. The van der Waals surface area contributed by atoms with E-state index in [-0.39, 0.29) is 30.2 Å². The molecule has 14 nitrogen and oxygen atoms in total. The third kappa shape index (κ3) is 8.43. The van der Waals surface area contributed by atoms with Crippen LogP contribution in [0.3, 0.4) is 0 Å². The van der Waals surface area contributed by atoms with Crippen molar-refractivity contribution in [3.05, 3.63) is 95.8 Å². The number of hydrogen-bond donors (Lipinski definition) is 2. The quantitative estimate of drug-likeness (QED) is 0.154. The zero-order chi connectivity index (χ0) is 42.2. The van der Waals surface area contributed by atoms with Crippen molar-refractivity contribution < 1.29 is 19.1 Å². The number of aromatic nitrogens is 4. The molecule has 4 fully saturated rings. The molecule has 10 rings (SSSR count). The molecule has 3 amide bonds. The number of nitrogens with zero attached hydrogens (tertiary/aromatic N) is 8. The van der Waals surface area contributed by atoms with Crippen LogP contribution < -0.4 is 15.8 Å². The molecule has 5 aliphatic rings. The summed E-state index contributed by atoms with van der Waals surface area (Å²) in [5, 5.41) is 8.35. The van der Waals surface area contributed by atoms with E-state index in [4.69, 9.17) is 15.6 Å². The number of fused-ring (bicyclic) bond motifs is 2. The second kappa shape index (κ2) is 17.6. The van der Waals surface area contributed by atoms with Gasteiger partial charge in [-0.25, -0.2) is 14.6 Å². The molecular weight excluding hydrogens is 781 g/mol. The van der Waals surface area contributed by atoms with Gasteiger partial charge < -0.3 is 30.1 Å². The van der Waals surface area contributed by atoms with Gasteiger partial charge in [0, 0.05) is 56.8 Å². The lowest BCUT2D eigenvalue weighted by molar-refractivity contribution is -0.136. The third-order valence-electron chi connectivity index (χ3n) is 14.1. The van der Waals surface area contributed by atoms with E-state index in [1.807, 2.05) is 60.7 Å². The summed E-state index contributed by atoms with van der Waals surface area (Å²) in [6.07, 6.45) is 8.98. The average Bonchev–Trinajstić information content (AvgIpc) is 3.85. The van der Waals surface area contributed by atoms with Crippen molar-refractivity contribution in [1.82, 2.24) is 44.7 Å². The maximum Gasteiger partial charge on any atom is 0.255 e. The molecule has 3 N–H and O–H groups in total. The fraction of sp³-hybridized carbons (Fsp3) is 0.458. The van der Waals surface area contributed by atoms with E-state index in [0.717, 1.165) is 117 Å². The lowest BCUT2D eigenvalue weighted by Crippen LogP contribution is -2.52. The second-order valence-electron chi connectivity index (χ2n) is 17.9. The number of nitrogens with one attached hydrogen (secondary N) is 1. The van der Waals surface area contributed by atoms with Gasteiger partial charge in [0.2, 0.25) is 11.8 Å². The minimum absolute atomic E-state index is 0.105. The van der Waals surface area contributed by atoms with E-state index in [0.29, 0.717) is 30.3 Å². The van der Waals surface area contributed by atoms with Crippen molar-refractivity contribution in [2.45, 2.75) is 75.9 Å². The number of amides is 3. The molecule has 0 bridgehead atoms. The molecule has 0 radical (unpaired) electrons. The lowest BCUT2D eigenvalue weighted by atomic mass is 9.88. The number of nitrogen functional groups attached to an aromatic ring is 1. The van der Waals surface area contributed by atoms with E-state index < -0.39 is 6.04 Å². The smallest absolute Gasteiger partial charge is 0.255 e. The van der Waals surface area contributed by atoms with Gasteiger partial charge in [-0.05, 0) is 137 Å². The highest BCUT2D eigenvalue weighted by Crippen LogP contribution is 2.37. The summed E-state index contributed by atoms with van der Waals surface area (Å²) in [5.41, 5.74) is 12.0. The number of carbonyl (C=O) groups excluding carboxylic acids is 3. The van der Waals surface area contributed by atoms with Gasteiger partial charge in [0.05, 0.1) is 11.4 Å². The van der Waals surface area contributed by atoms with Crippen LogP contribution in [0, 0.1) is 5.92 Å². The number of benzene rings is 3. The van der Waals surface area contributed by atoms with Gasteiger partial charge >= 0.3 is 0 Å². The summed E-state index contributed by atoms with van der Waals surface area (Å²) in [4.78, 5) is 55.9. The number of imide groups is 1. The molecule has 3 aromatic carbocycles. The van der Waals surface area contributed by atoms with Crippen LogP contribution >= 0.6 is 0 Å². The van der Waals surface area contributed by atoms with E-state index in [1.165, 1.54) is 31.5 Å². The number of likely N-dealkylation sites (tertiary alicyclic amines) is 3. The lowest BCUT2D eigenvalue weighted by Gasteiger charge is -2.38. The van der Waals surface area contributed by atoms with E-state index in [2.05, 4.69) is 46.8 Å². The van der Waals surface area contributed by atoms with Crippen molar-refractivity contribution >= 4 is 34.6 Å². The standard InChI is InChI=1S/C48H56N10O4/c49-45-43-44(34-6-9-39(10-7-34)62-38-4-2-1-3-5-38)53-58(46(43)51-31-50-45)37-18-24-56(25-19-37)29-32-14-20-54(21-15-32)26-27-55-22-16-33(17-23-55)35-8-11-40-36(28-35)30-57(48(40)61)41-12-13-42(59)52-47(41)60/h1-11,28,31-33,37,41H,12-27,29-30H2,(H2,49,50,51)(H,52,59,60). The van der Waals surface area contributed by atoms with Crippen LogP contribution in [0.5, 0.6) is 11.5 Å². The Morgan fingerprint density at radius 3 is 2.16 bits per heavy atom. The fourth-order valence-electron chi connectivity index (χ4n) is 10.5. The number of rotatable bonds is 11. The first-order valence-electron chi connectivity index (χ1n) is 22.6. The Hall–Kier alpha value is -5.70. The van der Waals surface area contributed by atoms with Gasteiger partial charge in [0.15, 0.2) is 5.65 Å². The molecule has 2 aromatic heterocycles. The summed E-state index contributed by atoms with van der Waals surface area (Å²) >= 11 is 0. The maximum absolute atomic E-state index is 13.2. The number of nitrogens with two attached hydrogens (primary N) is 1. The van der Waals surface area contributed by atoms with Gasteiger partial charge in [-0.15, -0.1) is 0 Å². The van der Waals surface area contributed by atoms with Crippen molar-refractivity contribution in [3.8, 4) is 22.8 Å². The van der Waals surface area contributed by atoms with Crippen molar-refractivity contribution in [3.63, 3.8) is 0 Å². The number of para-hydroxylation sites is 1. The molecule has 0 saturated carbocycles. The van der Waals surface area contributed by atoms with Crippen LogP contribution in [0.15, 0.2) is 79.1 Å². The molecule has 322 valence electrons. The van der Waals surface area contributed by atoms with E-state index >= 15 is 0 Å². The summed E-state index contributed by atoms with van der Waals surface area (Å²) in [7, 11) is 0. The zero-order valence-electron chi connectivity index (χ0n) is 35.3. The van der Waals surface area contributed by atoms with Gasteiger partial charge in [-0.3, -0.25) is 19.7 Å². The minimum atomic E-state index is -0.574. The Bertz CT molecular complexity index is 2420. The average molecular weight is 837 g/mol. The molecule has 5 aromatic rings. The SMILES string of the molecule is Nc1ncnc2c1c(-c1ccc(Oc3ccccc3)cc1)nn2C1CCN(CC2CCN(CCN3CCC(c4ccc5c(c4)CN(C4CCC(=O)NC4=O)C5=O)CC3)CC2)CC1.